The minimum Gasteiger partial charge on any atom is -0.452 e. The van der Waals surface area contributed by atoms with Gasteiger partial charge in [-0.05, 0) is 140 Å². The summed E-state index contributed by atoms with van der Waals surface area (Å²) in [6.45, 7) is 21.4. The molecule has 0 unspecified atom stereocenters. The SMILES string of the molecule is Cc1cc[nH]c1.Cc1ccn[nH]1.Cc1cn[nH]c1.Cc1cnc[nH]1.Cc1cnoc1.Cc1cnsc1.Cc1cocn1.Cc1cscn1.Cc1csnn1.Cc1ncon1.Cc1ncsn1. The lowest BCUT2D eigenvalue weighted by Crippen LogP contribution is -1.66. The Morgan fingerprint density at radius 3 is 1.59 bits per heavy atom. The van der Waals surface area contributed by atoms with Crippen molar-refractivity contribution in [2.24, 2.45) is 0 Å². The summed E-state index contributed by atoms with van der Waals surface area (Å²) < 4.78 is 24.7. The fraction of sp³-hybridized carbons (Fsp3) is 0.262. The van der Waals surface area contributed by atoms with E-state index in [1.165, 1.54) is 64.1 Å². The molecule has 0 amide bonds. The number of aromatic amines is 4. The lowest BCUT2D eigenvalue weighted by molar-refractivity contribution is 0.412. The van der Waals surface area contributed by atoms with Crippen molar-refractivity contribution in [3.63, 3.8) is 0 Å². The second-order valence-electron chi connectivity index (χ2n) is 12.8. The van der Waals surface area contributed by atoms with E-state index >= 15 is 0 Å². The lowest BCUT2D eigenvalue weighted by atomic mass is 10.4. The Morgan fingerprint density at radius 1 is 0.591 bits per heavy atom. The van der Waals surface area contributed by atoms with Crippen LogP contribution in [0.25, 0.3) is 0 Å². The van der Waals surface area contributed by atoms with E-state index in [0.717, 1.165) is 39.9 Å². The van der Waals surface area contributed by atoms with Crippen LogP contribution in [0.4, 0.5) is 0 Å². The third-order valence-electron chi connectivity index (χ3n) is 6.30. The van der Waals surface area contributed by atoms with Crippen LogP contribution in [0.3, 0.4) is 0 Å². The first-order chi connectivity index (χ1) is 31.8. The average molecular weight is 976 g/mol. The van der Waals surface area contributed by atoms with Crippen molar-refractivity contribution in [2.45, 2.75) is 76.2 Å². The molecule has 0 bridgehead atoms. The van der Waals surface area contributed by atoms with Gasteiger partial charge in [-0.15, -0.1) is 16.4 Å². The topological polar surface area (TPSA) is 270 Å². The number of aryl methyl sites for hydroxylation is 11. The molecule has 0 saturated carbocycles. The molecule has 11 aromatic heterocycles. The molecule has 0 atom stereocenters. The average Bonchev–Trinajstić information content (AvgIpc) is 4.13. The van der Waals surface area contributed by atoms with Crippen LogP contribution in [0.1, 0.15) is 62.4 Å². The fourth-order valence-corrected chi connectivity index (χ4v) is 5.02. The van der Waals surface area contributed by atoms with Gasteiger partial charge in [0.25, 0.3) is 0 Å². The quantitative estimate of drug-likeness (QED) is 0.110. The Balaban J connectivity index is 0.000000363. The Labute approximate surface area is 400 Å². The molecule has 0 aliphatic rings. The monoisotopic (exact) mass is 975 g/mol. The molecule has 0 radical (unpaired) electrons. The molecule has 0 spiro atoms. The summed E-state index contributed by atoms with van der Waals surface area (Å²) in [5, 5.41) is 29.3. The van der Waals surface area contributed by atoms with Crippen molar-refractivity contribution >= 4 is 45.9 Å². The van der Waals surface area contributed by atoms with Crippen LogP contribution in [-0.4, -0.2) is 83.9 Å². The Hall–Kier alpha value is -7.15. The van der Waals surface area contributed by atoms with Gasteiger partial charge < -0.3 is 23.4 Å². The zero-order chi connectivity index (χ0) is 48.5. The molecule has 0 aromatic carbocycles. The van der Waals surface area contributed by atoms with Gasteiger partial charge in [0.05, 0.1) is 35.6 Å². The van der Waals surface area contributed by atoms with Crippen LogP contribution in [0.2, 0.25) is 0 Å². The summed E-state index contributed by atoms with van der Waals surface area (Å²) in [4.78, 5) is 24.7. The highest BCUT2D eigenvalue weighted by Crippen LogP contribution is 1.97. The maximum absolute atomic E-state index is 4.60. The molecule has 24 heteroatoms. The zero-order valence-electron chi connectivity index (χ0n) is 38.7. The fourth-order valence-electron chi connectivity index (χ4n) is 3.09. The van der Waals surface area contributed by atoms with Crippen LogP contribution >= 0.6 is 45.9 Å². The van der Waals surface area contributed by atoms with E-state index in [0.29, 0.717) is 5.82 Å². The Morgan fingerprint density at radius 2 is 1.42 bits per heavy atom. The van der Waals surface area contributed by atoms with Crippen molar-refractivity contribution in [3.8, 4) is 0 Å². The highest BCUT2D eigenvalue weighted by molar-refractivity contribution is 7.07. The molecule has 11 rings (SSSR count). The molecule has 66 heavy (non-hydrogen) atoms. The van der Waals surface area contributed by atoms with Crippen molar-refractivity contribution in [3.05, 3.63) is 183 Å². The summed E-state index contributed by atoms with van der Waals surface area (Å²) in [6, 6.07) is 3.94. The van der Waals surface area contributed by atoms with Crippen LogP contribution in [0.5, 0.6) is 0 Å². The first kappa shape index (κ1) is 56.9. The highest BCUT2D eigenvalue weighted by atomic mass is 32.1. The number of aromatic nitrogens is 17. The number of imidazole rings is 1. The molecule has 20 nitrogen and oxygen atoms in total. The minimum atomic E-state index is 0.676. The van der Waals surface area contributed by atoms with E-state index in [1.807, 2.05) is 121 Å². The largest absolute Gasteiger partial charge is 0.452 e. The summed E-state index contributed by atoms with van der Waals surface area (Å²) in [6.07, 6.45) is 22.1. The first-order valence-electron chi connectivity index (χ1n) is 19.4. The van der Waals surface area contributed by atoms with E-state index in [4.69, 9.17) is 0 Å². The van der Waals surface area contributed by atoms with Gasteiger partial charge in [0.15, 0.2) is 12.2 Å². The van der Waals surface area contributed by atoms with Gasteiger partial charge in [-0.3, -0.25) is 15.2 Å². The maximum atomic E-state index is 4.60. The predicted molar refractivity (Wildman–Crippen MR) is 260 cm³/mol. The standard InChI is InChI=1S/C5H7N.3C4H6N2.2C4H5NO.2C4H5NS.C3H4N2O.2C3H4N2S/c1-5-2-3-6-4-5;1-4-2-5-3-6-4;1-4-2-5-6-3-4;1-4-2-3-5-6-4;1-4-2-6-3-5-4;1-4-2-5-6-3-4;1-4-2-6-3-5-4;1-4-2-5-6-3-4;2*1-3-4-2-6-5-3;1-3-2-6-5-4-3/h2-4,6H,1H3;3*2-3H,1H3,(H,5,6);4*2-3H,1H3;3*2H,1H3. The number of thiazole rings is 1. The number of rotatable bonds is 0. The molecule has 0 aliphatic heterocycles. The lowest BCUT2D eigenvalue weighted by Gasteiger charge is -1.68. The Kier molecular flexibility index (Phi) is 33.0. The van der Waals surface area contributed by atoms with Crippen LogP contribution in [-0.2, 0) is 0 Å². The number of nitrogens with zero attached hydrogens (tertiary/aromatic N) is 13. The number of hydrogen-bond acceptors (Lipinski definition) is 20. The van der Waals surface area contributed by atoms with E-state index in [1.54, 1.807) is 67.4 Å². The van der Waals surface area contributed by atoms with Gasteiger partial charge in [-0.2, -0.15) is 19.6 Å². The van der Waals surface area contributed by atoms with Gasteiger partial charge in [-0.1, -0.05) is 14.8 Å². The van der Waals surface area contributed by atoms with E-state index in [9.17, 15) is 0 Å². The number of oxazole rings is 1. The van der Waals surface area contributed by atoms with Gasteiger partial charge in [0, 0.05) is 76.0 Å². The second-order valence-corrected chi connectivity index (χ2v) is 15.4. The molecule has 11 aromatic rings. The number of hydrogen-bond donors (Lipinski definition) is 4. The number of nitrogens with one attached hydrogen (secondary N) is 4. The Bertz CT molecular complexity index is 1840. The van der Waals surface area contributed by atoms with Gasteiger partial charge in [-0.25, -0.2) is 19.3 Å². The molecular weight excluding hydrogens is 919 g/mol. The third kappa shape index (κ3) is 36.3. The molecule has 0 aliphatic carbocycles. The van der Waals surface area contributed by atoms with Gasteiger partial charge >= 0.3 is 0 Å². The summed E-state index contributed by atoms with van der Waals surface area (Å²) in [5.41, 5.74) is 13.6. The van der Waals surface area contributed by atoms with Crippen molar-refractivity contribution in [1.29, 1.82) is 0 Å². The smallest absolute Gasteiger partial charge is 0.213 e. The first-order valence-corrected chi connectivity index (χ1v) is 22.9. The normalized spacial score (nSPS) is 8.83. The molecular formula is C42H57N17O3S4. The van der Waals surface area contributed by atoms with E-state index in [-0.39, 0.29) is 0 Å². The molecule has 4 N–H and O–H groups in total. The minimum absolute atomic E-state index is 0.676. The summed E-state index contributed by atoms with van der Waals surface area (Å²) in [5.74, 6) is 1.54. The summed E-state index contributed by atoms with van der Waals surface area (Å²) in [7, 11) is 0. The van der Waals surface area contributed by atoms with E-state index in [2.05, 4.69) is 104 Å². The molecule has 0 saturated heterocycles. The second kappa shape index (κ2) is 38.3. The van der Waals surface area contributed by atoms with Gasteiger partial charge in [0.1, 0.15) is 23.9 Å². The van der Waals surface area contributed by atoms with Crippen LogP contribution < -0.4 is 0 Å². The third-order valence-corrected chi connectivity index (χ3v) is 8.90. The molecule has 11 heterocycles. The van der Waals surface area contributed by atoms with Crippen molar-refractivity contribution < 1.29 is 13.5 Å². The summed E-state index contributed by atoms with van der Waals surface area (Å²) >= 11 is 5.88. The molecule has 0 fully saturated rings. The van der Waals surface area contributed by atoms with Crippen molar-refractivity contribution in [1.82, 2.24) is 83.9 Å². The van der Waals surface area contributed by atoms with Crippen LogP contribution in [0.15, 0.2) is 134 Å². The van der Waals surface area contributed by atoms with Gasteiger partial charge in [0.2, 0.25) is 6.39 Å². The highest BCUT2D eigenvalue weighted by Gasteiger charge is 1.82. The zero-order valence-corrected chi connectivity index (χ0v) is 42.0. The predicted octanol–water partition coefficient (Wildman–Crippen LogP) is 10.4. The van der Waals surface area contributed by atoms with Crippen LogP contribution in [0, 0.1) is 76.2 Å². The maximum Gasteiger partial charge on any atom is 0.213 e. The molecule has 352 valence electrons. The van der Waals surface area contributed by atoms with Crippen molar-refractivity contribution in [2.75, 3.05) is 0 Å². The van der Waals surface area contributed by atoms with E-state index < -0.39 is 0 Å². The number of H-pyrrole nitrogens is 4.